The van der Waals surface area contributed by atoms with E-state index < -0.39 is 0 Å². The van der Waals surface area contributed by atoms with Crippen molar-refractivity contribution >= 4 is 11.8 Å². The number of Topliss-reactive ketones (excluding diaryl/α,β-unsaturated/α-hetero) is 1. The molecule has 0 bridgehead atoms. The van der Waals surface area contributed by atoms with Gasteiger partial charge in [0, 0.05) is 24.7 Å². The average molecular weight is 401 g/mol. The molecule has 4 rings (SSSR count). The molecule has 3 saturated carbocycles. The molecule has 0 aromatic carbocycles. The summed E-state index contributed by atoms with van der Waals surface area (Å²) >= 11 is 0. The molecule has 3 fully saturated rings. The van der Waals surface area contributed by atoms with Crippen LogP contribution in [0, 0.1) is 28.6 Å². The smallest absolute Gasteiger partial charge is 0.306 e. The first-order valence-corrected chi connectivity index (χ1v) is 12.3. The van der Waals surface area contributed by atoms with E-state index in [1.807, 2.05) is 0 Å². The van der Waals surface area contributed by atoms with Gasteiger partial charge in [-0.15, -0.1) is 0 Å². The molecule has 0 N–H and O–H groups in total. The topological polar surface area (TPSA) is 43.4 Å². The number of ether oxygens (including phenoxy) is 1. The van der Waals surface area contributed by atoms with Gasteiger partial charge in [0.2, 0.25) is 0 Å². The van der Waals surface area contributed by atoms with Crippen LogP contribution in [0.15, 0.2) is 11.6 Å². The van der Waals surface area contributed by atoms with Crippen LogP contribution in [0.3, 0.4) is 0 Å². The number of hydrogen-bond donors (Lipinski definition) is 0. The lowest BCUT2D eigenvalue weighted by atomic mass is 9.48. The molecule has 29 heavy (non-hydrogen) atoms. The summed E-state index contributed by atoms with van der Waals surface area (Å²) in [6, 6.07) is 0. The fourth-order valence-electron chi connectivity index (χ4n) is 7.44. The highest BCUT2D eigenvalue weighted by Crippen LogP contribution is 2.64. The summed E-state index contributed by atoms with van der Waals surface area (Å²) < 4.78 is 5.88. The second kappa shape index (κ2) is 8.19. The largest absolute Gasteiger partial charge is 0.462 e. The first-order valence-electron chi connectivity index (χ1n) is 12.3. The van der Waals surface area contributed by atoms with E-state index in [0.717, 1.165) is 57.8 Å². The van der Waals surface area contributed by atoms with Crippen molar-refractivity contribution in [3.05, 3.63) is 11.6 Å². The molecule has 0 amide bonds. The zero-order valence-corrected chi connectivity index (χ0v) is 18.8. The van der Waals surface area contributed by atoms with Crippen molar-refractivity contribution in [1.82, 2.24) is 0 Å². The second-order valence-corrected chi connectivity index (χ2v) is 10.8. The lowest BCUT2D eigenvalue weighted by Crippen LogP contribution is -2.50. The van der Waals surface area contributed by atoms with Crippen LogP contribution in [-0.4, -0.2) is 17.9 Å². The Morgan fingerprint density at radius 2 is 1.83 bits per heavy atom. The van der Waals surface area contributed by atoms with Gasteiger partial charge in [-0.2, -0.15) is 0 Å². The summed E-state index contributed by atoms with van der Waals surface area (Å²) in [6.07, 6.45) is 16.0. The molecule has 3 heteroatoms. The predicted octanol–water partition coefficient (Wildman–Crippen LogP) is 6.40. The van der Waals surface area contributed by atoms with Crippen molar-refractivity contribution in [3.8, 4) is 0 Å². The van der Waals surface area contributed by atoms with E-state index in [4.69, 9.17) is 4.74 Å². The Balaban J connectivity index is 1.39. The van der Waals surface area contributed by atoms with Gasteiger partial charge in [0.1, 0.15) is 11.9 Å². The highest BCUT2D eigenvalue weighted by Gasteiger charge is 2.58. The molecule has 0 aromatic rings. The molecular weight excluding hydrogens is 360 g/mol. The number of rotatable bonds is 6. The number of fused-ring (bicyclic) bond motifs is 5. The summed E-state index contributed by atoms with van der Waals surface area (Å²) in [4.78, 5) is 24.8. The highest BCUT2D eigenvalue weighted by atomic mass is 16.5. The molecule has 4 unspecified atom stereocenters. The van der Waals surface area contributed by atoms with Crippen LogP contribution in [0.25, 0.3) is 0 Å². The van der Waals surface area contributed by atoms with Gasteiger partial charge in [0.15, 0.2) is 0 Å². The van der Waals surface area contributed by atoms with Gasteiger partial charge >= 0.3 is 5.97 Å². The molecule has 162 valence electrons. The molecule has 0 saturated heterocycles. The van der Waals surface area contributed by atoms with Crippen molar-refractivity contribution in [3.63, 3.8) is 0 Å². The van der Waals surface area contributed by atoms with E-state index in [-0.39, 0.29) is 22.9 Å². The zero-order valence-electron chi connectivity index (χ0n) is 18.8. The van der Waals surface area contributed by atoms with Crippen molar-refractivity contribution in [2.24, 2.45) is 28.6 Å². The van der Waals surface area contributed by atoms with E-state index in [0.29, 0.717) is 30.0 Å². The Kier molecular flexibility index (Phi) is 5.97. The Bertz CT molecular complexity index is 679. The molecule has 0 heterocycles. The standard InChI is InChI=1S/C26H40O3/c1-4-5-6-7-8-24(28)29-19-13-15-25(2)18(17-19)9-10-20-21-11-12-23(27)26(21,3)16-14-22(20)25/h9,19-22H,4-8,10-17H2,1-3H3/t19?,20?,21?,22?,25-,26-/m1/s1. The molecule has 0 spiro atoms. The average Bonchev–Trinajstić information content (AvgIpc) is 3.00. The van der Waals surface area contributed by atoms with Crippen LogP contribution in [0.5, 0.6) is 0 Å². The summed E-state index contributed by atoms with van der Waals surface area (Å²) in [5.74, 6) is 2.49. The monoisotopic (exact) mass is 400 g/mol. The number of ketones is 1. The molecule has 3 nitrogen and oxygen atoms in total. The van der Waals surface area contributed by atoms with Crippen molar-refractivity contribution in [2.75, 3.05) is 0 Å². The quantitative estimate of drug-likeness (QED) is 0.294. The summed E-state index contributed by atoms with van der Waals surface area (Å²) in [7, 11) is 0. The number of allylic oxidation sites excluding steroid dienone is 1. The van der Waals surface area contributed by atoms with Crippen LogP contribution in [-0.2, 0) is 14.3 Å². The molecule has 0 aromatic heterocycles. The Hall–Kier alpha value is -1.12. The lowest BCUT2D eigenvalue weighted by molar-refractivity contribution is -0.151. The number of hydrogen-bond acceptors (Lipinski definition) is 3. The molecule has 4 aliphatic rings. The van der Waals surface area contributed by atoms with Crippen molar-refractivity contribution in [1.29, 1.82) is 0 Å². The summed E-state index contributed by atoms with van der Waals surface area (Å²) in [5.41, 5.74) is 1.74. The van der Waals surface area contributed by atoms with Gasteiger partial charge in [-0.05, 0) is 68.1 Å². The van der Waals surface area contributed by atoms with E-state index in [1.165, 1.54) is 19.3 Å². The molecule has 0 aliphatic heterocycles. The number of carbonyl (C=O) groups excluding carboxylic acids is 2. The van der Waals surface area contributed by atoms with Gasteiger partial charge < -0.3 is 4.74 Å². The van der Waals surface area contributed by atoms with Gasteiger partial charge in [-0.3, -0.25) is 9.59 Å². The minimum absolute atomic E-state index is 0.00175. The van der Waals surface area contributed by atoms with E-state index in [9.17, 15) is 9.59 Å². The molecular formula is C26H40O3. The van der Waals surface area contributed by atoms with Gasteiger partial charge in [-0.1, -0.05) is 51.7 Å². The maximum atomic E-state index is 12.6. The number of esters is 1. The van der Waals surface area contributed by atoms with Crippen LogP contribution < -0.4 is 0 Å². The molecule has 4 aliphatic carbocycles. The van der Waals surface area contributed by atoms with Gasteiger partial charge in [0.25, 0.3) is 0 Å². The summed E-state index contributed by atoms with van der Waals surface area (Å²) in [6.45, 7) is 6.91. The normalized spacial score (nSPS) is 41.2. The SMILES string of the molecule is CCCCCCC(=O)OC1CC[C@]2(C)C(=CCC3C4CCC(=O)[C@]4(C)CCC32)C1. The number of unbranched alkanes of at least 4 members (excludes halogenated alkanes) is 3. The van der Waals surface area contributed by atoms with Gasteiger partial charge in [-0.25, -0.2) is 0 Å². The second-order valence-electron chi connectivity index (χ2n) is 10.8. The van der Waals surface area contributed by atoms with E-state index in [1.54, 1.807) is 5.57 Å². The maximum absolute atomic E-state index is 12.6. The molecule has 6 atom stereocenters. The van der Waals surface area contributed by atoms with E-state index >= 15 is 0 Å². The Morgan fingerprint density at radius 1 is 1.07 bits per heavy atom. The number of carbonyl (C=O) groups is 2. The minimum Gasteiger partial charge on any atom is -0.462 e. The molecule has 0 radical (unpaired) electrons. The summed E-state index contributed by atoms with van der Waals surface area (Å²) in [5, 5.41) is 0. The highest BCUT2D eigenvalue weighted by molar-refractivity contribution is 5.87. The van der Waals surface area contributed by atoms with Gasteiger partial charge in [0.05, 0.1) is 0 Å². The first kappa shape index (κ1) is 21.1. The minimum atomic E-state index is -0.0482. The first-order chi connectivity index (χ1) is 13.9. The van der Waals surface area contributed by atoms with Crippen LogP contribution in [0.2, 0.25) is 0 Å². The Labute approximate surface area is 177 Å². The van der Waals surface area contributed by atoms with Crippen LogP contribution >= 0.6 is 0 Å². The third kappa shape index (κ3) is 3.72. The van der Waals surface area contributed by atoms with Crippen LogP contribution in [0.4, 0.5) is 0 Å². The third-order valence-corrected chi connectivity index (χ3v) is 9.30. The lowest BCUT2D eigenvalue weighted by Gasteiger charge is -2.56. The van der Waals surface area contributed by atoms with Crippen molar-refractivity contribution in [2.45, 2.75) is 110 Å². The van der Waals surface area contributed by atoms with Crippen LogP contribution in [0.1, 0.15) is 104 Å². The van der Waals surface area contributed by atoms with E-state index in [2.05, 4.69) is 26.8 Å². The Morgan fingerprint density at radius 3 is 2.62 bits per heavy atom. The fraction of sp³-hybridized carbons (Fsp3) is 0.846. The fourth-order valence-corrected chi connectivity index (χ4v) is 7.44. The van der Waals surface area contributed by atoms with Crippen molar-refractivity contribution < 1.29 is 14.3 Å². The zero-order chi connectivity index (χ0) is 20.6. The third-order valence-electron chi connectivity index (χ3n) is 9.30. The predicted molar refractivity (Wildman–Crippen MR) is 115 cm³/mol. The maximum Gasteiger partial charge on any atom is 0.306 e.